The zero-order valence-corrected chi connectivity index (χ0v) is 20.1. The summed E-state index contributed by atoms with van der Waals surface area (Å²) < 4.78 is 5.46. The van der Waals surface area contributed by atoms with Crippen LogP contribution >= 0.6 is 11.3 Å². The molecule has 0 bridgehead atoms. The van der Waals surface area contributed by atoms with E-state index in [1.807, 2.05) is 6.92 Å². The minimum atomic E-state index is -0.264. The van der Waals surface area contributed by atoms with Gasteiger partial charge in [0.15, 0.2) is 5.13 Å². The number of hydrogen-bond acceptors (Lipinski definition) is 5. The van der Waals surface area contributed by atoms with Gasteiger partial charge in [-0.2, -0.15) is 0 Å². The lowest BCUT2D eigenvalue weighted by Gasteiger charge is -2.51. The summed E-state index contributed by atoms with van der Waals surface area (Å²) in [4.78, 5) is 17.9. The predicted octanol–water partition coefficient (Wildman–Crippen LogP) is 5.32. The Morgan fingerprint density at radius 3 is 2.97 bits per heavy atom. The monoisotopic (exact) mass is 454 g/mol. The van der Waals surface area contributed by atoms with Crippen LogP contribution in [0.25, 0.3) is 0 Å². The van der Waals surface area contributed by atoms with Crippen molar-refractivity contribution in [3.8, 4) is 5.75 Å². The molecule has 2 N–H and O–H groups in total. The second kappa shape index (κ2) is 8.45. The number of aryl methyl sites for hydroxylation is 2. The van der Waals surface area contributed by atoms with E-state index in [-0.39, 0.29) is 17.4 Å². The van der Waals surface area contributed by atoms with Gasteiger partial charge >= 0.3 is 0 Å². The van der Waals surface area contributed by atoms with Gasteiger partial charge in [0.25, 0.3) is 0 Å². The number of hydrogen-bond donors (Lipinski definition) is 2. The number of amides is 1. The second-order valence-electron chi connectivity index (χ2n) is 10.3. The van der Waals surface area contributed by atoms with E-state index in [0.717, 1.165) is 42.7 Å². The number of methoxy groups -OCH3 is 1. The van der Waals surface area contributed by atoms with Crippen LogP contribution in [0, 0.1) is 30.1 Å². The Hall–Kier alpha value is -1.92. The highest BCUT2D eigenvalue weighted by atomic mass is 32.1. The molecule has 1 aromatic heterocycles. The maximum absolute atomic E-state index is 12.6. The fraction of sp³-hybridized carbons (Fsp3) is 0.615. The lowest BCUT2D eigenvalue weighted by atomic mass is 9.54. The molecule has 2 fully saturated rings. The number of aliphatic hydroxyl groups excluding tert-OH is 1. The maximum atomic E-state index is 12.6. The van der Waals surface area contributed by atoms with Gasteiger partial charge in [0, 0.05) is 17.5 Å². The quantitative estimate of drug-likeness (QED) is 0.641. The molecule has 6 unspecified atom stereocenters. The Morgan fingerprint density at radius 1 is 1.38 bits per heavy atom. The summed E-state index contributed by atoms with van der Waals surface area (Å²) in [6, 6.07) is 6.59. The molecule has 1 aromatic carbocycles. The molecule has 0 saturated heterocycles. The molecule has 3 aliphatic rings. The van der Waals surface area contributed by atoms with E-state index in [0.29, 0.717) is 35.2 Å². The fourth-order valence-electron chi connectivity index (χ4n) is 7.15. The number of thiazole rings is 1. The topological polar surface area (TPSA) is 71.5 Å². The molecule has 2 saturated carbocycles. The molecule has 172 valence electrons. The number of carbonyl (C=O) groups excluding carboxylic acids is 1. The highest BCUT2D eigenvalue weighted by molar-refractivity contribution is 7.15. The smallest absolute Gasteiger partial charge is 0.226 e. The summed E-state index contributed by atoms with van der Waals surface area (Å²) in [6.07, 6.45) is 8.13. The van der Waals surface area contributed by atoms with Crippen LogP contribution in [0.4, 0.5) is 5.13 Å². The third kappa shape index (κ3) is 3.75. The molecule has 0 spiro atoms. The van der Waals surface area contributed by atoms with Crippen molar-refractivity contribution in [2.75, 3.05) is 12.4 Å². The number of fused-ring (bicyclic) bond motifs is 5. The maximum Gasteiger partial charge on any atom is 0.226 e. The van der Waals surface area contributed by atoms with E-state index < -0.39 is 0 Å². The number of carbonyl (C=O) groups is 1. The van der Waals surface area contributed by atoms with Crippen LogP contribution < -0.4 is 10.1 Å². The second-order valence-corrected chi connectivity index (χ2v) is 11.6. The van der Waals surface area contributed by atoms with Gasteiger partial charge in [-0.1, -0.05) is 13.0 Å². The van der Waals surface area contributed by atoms with Gasteiger partial charge in [0.1, 0.15) is 5.75 Å². The first-order valence-electron chi connectivity index (χ1n) is 12.0. The molecule has 6 heteroatoms. The van der Waals surface area contributed by atoms with Crippen molar-refractivity contribution in [2.45, 2.75) is 70.8 Å². The number of aliphatic hydroxyl groups is 1. The fourth-order valence-corrected chi connectivity index (χ4v) is 7.83. The van der Waals surface area contributed by atoms with Crippen molar-refractivity contribution in [3.05, 3.63) is 40.4 Å². The molecular formula is C26H34N2O3S. The van der Waals surface area contributed by atoms with Gasteiger partial charge in [-0.25, -0.2) is 4.98 Å². The molecular weight excluding hydrogens is 420 g/mol. The van der Waals surface area contributed by atoms with Crippen LogP contribution in [0.5, 0.6) is 5.75 Å². The highest BCUT2D eigenvalue weighted by Crippen LogP contribution is 2.63. The number of anilines is 1. The van der Waals surface area contributed by atoms with E-state index in [1.165, 1.54) is 28.9 Å². The van der Waals surface area contributed by atoms with Crippen molar-refractivity contribution >= 4 is 22.4 Å². The van der Waals surface area contributed by atoms with Gasteiger partial charge in [-0.3, -0.25) is 4.79 Å². The molecule has 0 aliphatic heterocycles. The van der Waals surface area contributed by atoms with E-state index in [1.54, 1.807) is 13.3 Å². The Labute approximate surface area is 194 Å². The third-order valence-corrected chi connectivity index (χ3v) is 9.46. The van der Waals surface area contributed by atoms with Crippen molar-refractivity contribution in [3.63, 3.8) is 0 Å². The number of benzene rings is 1. The van der Waals surface area contributed by atoms with Crippen LogP contribution in [-0.2, 0) is 11.2 Å². The van der Waals surface area contributed by atoms with Gasteiger partial charge in [-0.15, -0.1) is 11.3 Å². The molecule has 1 amide bonds. The third-order valence-electron chi connectivity index (χ3n) is 8.64. The summed E-state index contributed by atoms with van der Waals surface area (Å²) in [5.41, 5.74) is 2.89. The van der Waals surface area contributed by atoms with Crippen LogP contribution in [0.3, 0.4) is 0 Å². The number of nitrogens with zero attached hydrogens (tertiary/aromatic N) is 1. The number of ether oxygens (including phenoxy) is 1. The molecule has 6 atom stereocenters. The molecule has 5 rings (SSSR count). The molecule has 1 heterocycles. The van der Waals surface area contributed by atoms with E-state index >= 15 is 0 Å². The van der Waals surface area contributed by atoms with E-state index in [4.69, 9.17) is 4.74 Å². The highest BCUT2D eigenvalue weighted by Gasteiger charge is 2.58. The van der Waals surface area contributed by atoms with Crippen molar-refractivity contribution < 1.29 is 14.6 Å². The molecule has 5 nitrogen and oxygen atoms in total. The number of aromatic nitrogens is 1. The first-order valence-corrected chi connectivity index (χ1v) is 12.8. The molecule has 2 aromatic rings. The Kier molecular flexibility index (Phi) is 5.79. The Bertz CT molecular complexity index is 1000. The van der Waals surface area contributed by atoms with Crippen molar-refractivity contribution in [2.24, 2.45) is 23.2 Å². The SMILES string of the molecule is COc1ccc2c(c1)CCC1C2CCC2(C)C(O)CC(CCC(=O)Nc3ncc(C)s3)C12. The van der Waals surface area contributed by atoms with Gasteiger partial charge in [0.05, 0.1) is 13.2 Å². The molecule has 0 radical (unpaired) electrons. The van der Waals surface area contributed by atoms with Crippen LogP contribution in [0.15, 0.2) is 24.4 Å². The normalized spacial score (nSPS) is 33.2. The molecule has 3 aliphatic carbocycles. The Morgan fingerprint density at radius 2 is 2.22 bits per heavy atom. The largest absolute Gasteiger partial charge is 0.497 e. The van der Waals surface area contributed by atoms with E-state index in [9.17, 15) is 9.90 Å². The average Bonchev–Trinajstić information content (AvgIpc) is 3.31. The lowest BCUT2D eigenvalue weighted by molar-refractivity contribution is -0.116. The number of nitrogens with one attached hydrogen (secondary N) is 1. The first-order chi connectivity index (χ1) is 15.4. The van der Waals surface area contributed by atoms with E-state index in [2.05, 4.69) is 35.4 Å². The zero-order chi connectivity index (χ0) is 22.5. The van der Waals surface area contributed by atoms with Crippen LogP contribution in [0.1, 0.15) is 67.4 Å². The van der Waals surface area contributed by atoms with Crippen LogP contribution in [-0.4, -0.2) is 29.2 Å². The lowest BCUT2D eigenvalue weighted by Crippen LogP contribution is -2.45. The predicted molar refractivity (Wildman–Crippen MR) is 127 cm³/mol. The molecule has 32 heavy (non-hydrogen) atoms. The van der Waals surface area contributed by atoms with Crippen LogP contribution in [0.2, 0.25) is 0 Å². The summed E-state index contributed by atoms with van der Waals surface area (Å²) in [5, 5.41) is 14.7. The zero-order valence-electron chi connectivity index (χ0n) is 19.3. The minimum absolute atomic E-state index is 0.0291. The number of rotatable bonds is 5. The van der Waals surface area contributed by atoms with Gasteiger partial charge < -0.3 is 15.2 Å². The Balaban J connectivity index is 1.32. The summed E-state index contributed by atoms with van der Waals surface area (Å²) in [7, 11) is 1.73. The van der Waals surface area contributed by atoms with Gasteiger partial charge in [0.2, 0.25) is 5.91 Å². The summed E-state index contributed by atoms with van der Waals surface area (Å²) in [6.45, 7) is 4.30. The minimum Gasteiger partial charge on any atom is -0.497 e. The van der Waals surface area contributed by atoms with Crippen molar-refractivity contribution in [1.82, 2.24) is 4.98 Å². The average molecular weight is 455 g/mol. The van der Waals surface area contributed by atoms with Crippen molar-refractivity contribution in [1.29, 1.82) is 0 Å². The first kappa shape index (κ1) is 21.9. The summed E-state index contributed by atoms with van der Waals surface area (Å²) in [5.74, 6) is 2.99. The standard InChI is InChI=1S/C26H34N2O3S/c1-15-14-27-25(32-15)28-23(30)9-5-17-13-22(29)26(2)11-10-20-19-8-6-18(31-3)12-16(19)4-7-21(20)24(17)26/h6,8,12,14,17,20-22,24,29H,4-5,7,9-11,13H2,1-3H3,(H,27,28,30). The van der Waals surface area contributed by atoms with Gasteiger partial charge in [-0.05, 0) is 97.8 Å². The summed E-state index contributed by atoms with van der Waals surface area (Å²) >= 11 is 1.51.